The van der Waals surface area contributed by atoms with Gasteiger partial charge in [0.2, 0.25) is 0 Å². The van der Waals surface area contributed by atoms with Gasteiger partial charge in [0.1, 0.15) is 0 Å². The summed E-state index contributed by atoms with van der Waals surface area (Å²) in [5.41, 5.74) is 0.144. The van der Waals surface area contributed by atoms with Crippen LogP contribution in [-0.2, 0) is 6.42 Å². The summed E-state index contributed by atoms with van der Waals surface area (Å²) in [6, 6.07) is 4.63. The van der Waals surface area contributed by atoms with E-state index in [4.69, 9.17) is 5.11 Å². The van der Waals surface area contributed by atoms with Crippen LogP contribution in [0.1, 0.15) is 23.5 Å². The zero-order chi connectivity index (χ0) is 14.7. The predicted molar refractivity (Wildman–Crippen MR) is 56.7 cm³/mol. The second-order valence-electron chi connectivity index (χ2n) is 4.13. The fourth-order valence-corrected chi connectivity index (χ4v) is 1.70. The molecule has 1 atom stereocenters. The van der Waals surface area contributed by atoms with Gasteiger partial charge in [0.25, 0.3) is 0 Å². The number of hydrogen-bond donors (Lipinski definition) is 1. The van der Waals surface area contributed by atoms with Gasteiger partial charge in [-0.05, 0) is 17.5 Å². The molecule has 0 aliphatic heterocycles. The standard InChI is InChI=1S/C12H12F6O/c13-11(14,15)7-10(12(16,17)18)9-3-1-8(2-4-9)5-6-19/h1-4,10,19H,5-7H2. The van der Waals surface area contributed by atoms with Crippen molar-refractivity contribution in [1.82, 2.24) is 0 Å². The summed E-state index contributed by atoms with van der Waals surface area (Å²) in [5.74, 6) is -2.56. The minimum atomic E-state index is -4.95. The summed E-state index contributed by atoms with van der Waals surface area (Å²) in [5, 5.41) is 8.65. The summed E-state index contributed by atoms with van der Waals surface area (Å²) in [4.78, 5) is 0. The van der Waals surface area contributed by atoms with Crippen LogP contribution in [-0.4, -0.2) is 24.1 Å². The Bertz CT molecular complexity index is 392. The van der Waals surface area contributed by atoms with Crippen molar-refractivity contribution in [2.45, 2.75) is 31.1 Å². The third kappa shape index (κ3) is 5.10. The average Bonchev–Trinajstić information content (AvgIpc) is 2.25. The zero-order valence-electron chi connectivity index (χ0n) is 9.72. The van der Waals surface area contributed by atoms with E-state index in [1.165, 1.54) is 12.1 Å². The molecule has 0 aliphatic rings. The number of aliphatic hydroxyl groups is 1. The minimum Gasteiger partial charge on any atom is -0.396 e. The number of alkyl halides is 6. The van der Waals surface area contributed by atoms with Gasteiger partial charge in [-0.25, -0.2) is 0 Å². The molecule has 1 aromatic rings. The Morgan fingerprint density at radius 2 is 1.47 bits per heavy atom. The quantitative estimate of drug-likeness (QED) is 0.834. The van der Waals surface area contributed by atoms with Gasteiger partial charge in [0.05, 0.1) is 12.3 Å². The molecule has 0 bridgehead atoms. The summed E-state index contributed by atoms with van der Waals surface area (Å²) in [6.45, 7) is -0.176. The van der Waals surface area contributed by atoms with E-state index >= 15 is 0 Å². The molecule has 0 spiro atoms. The van der Waals surface area contributed by atoms with Crippen LogP contribution < -0.4 is 0 Å². The summed E-state index contributed by atoms with van der Waals surface area (Å²) < 4.78 is 74.5. The molecule has 1 unspecified atom stereocenters. The van der Waals surface area contributed by atoms with E-state index in [9.17, 15) is 26.3 Å². The number of aliphatic hydroxyl groups excluding tert-OH is 1. The van der Waals surface area contributed by atoms with Gasteiger partial charge in [0.15, 0.2) is 0 Å². The lowest BCUT2D eigenvalue weighted by atomic mass is 9.93. The Labute approximate surface area is 105 Å². The van der Waals surface area contributed by atoms with Gasteiger partial charge >= 0.3 is 12.4 Å². The molecular weight excluding hydrogens is 274 g/mol. The van der Waals surface area contributed by atoms with Crippen molar-refractivity contribution >= 4 is 0 Å². The van der Waals surface area contributed by atoms with E-state index in [2.05, 4.69) is 0 Å². The summed E-state index contributed by atoms with van der Waals surface area (Å²) in [6.07, 6.45) is -11.5. The molecule has 0 radical (unpaired) electrons. The lowest BCUT2D eigenvalue weighted by molar-refractivity contribution is -0.197. The first kappa shape index (κ1) is 15.8. The Morgan fingerprint density at radius 3 is 1.84 bits per heavy atom. The zero-order valence-corrected chi connectivity index (χ0v) is 9.72. The smallest absolute Gasteiger partial charge is 0.396 e. The van der Waals surface area contributed by atoms with Gasteiger partial charge in [-0.15, -0.1) is 0 Å². The van der Waals surface area contributed by atoms with E-state index < -0.39 is 30.3 Å². The van der Waals surface area contributed by atoms with Crippen LogP contribution in [0.15, 0.2) is 24.3 Å². The highest BCUT2D eigenvalue weighted by Gasteiger charge is 2.47. The van der Waals surface area contributed by atoms with E-state index in [1.54, 1.807) is 0 Å². The van der Waals surface area contributed by atoms with Gasteiger partial charge < -0.3 is 5.11 Å². The molecule has 1 nitrogen and oxygen atoms in total. The van der Waals surface area contributed by atoms with Gasteiger partial charge in [-0.2, -0.15) is 26.3 Å². The van der Waals surface area contributed by atoms with Crippen molar-refractivity contribution in [3.05, 3.63) is 35.4 Å². The molecule has 0 fully saturated rings. The van der Waals surface area contributed by atoms with Crippen molar-refractivity contribution in [2.75, 3.05) is 6.61 Å². The molecule has 0 saturated heterocycles. The van der Waals surface area contributed by atoms with E-state index in [-0.39, 0.29) is 13.0 Å². The average molecular weight is 286 g/mol. The molecule has 19 heavy (non-hydrogen) atoms. The lowest BCUT2D eigenvalue weighted by Crippen LogP contribution is -2.26. The van der Waals surface area contributed by atoms with Crippen molar-refractivity contribution in [3.8, 4) is 0 Å². The minimum absolute atomic E-state index is 0.176. The van der Waals surface area contributed by atoms with Gasteiger partial charge in [-0.3, -0.25) is 0 Å². The number of hydrogen-bond acceptors (Lipinski definition) is 1. The number of benzene rings is 1. The van der Waals surface area contributed by atoms with Gasteiger partial charge in [0, 0.05) is 6.61 Å². The lowest BCUT2D eigenvalue weighted by Gasteiger charge is -2.22. The maximum absolute atomic E-state index is 12.6. The molecule has 0 amide bonds. The van der Waals surface area contributed by atoms with Crippen molar-refractivity contribution in [2.24, 2.45) is 0 Å². The summed E-state index contributed by atoms with van der Waals surface area (Å²) in [7, 11) is 0. The maximum Gasteiger partial charge on any atom is 0.396 e. The monoisotopic (exact) mass is 286 g/mol. The highest BCUT2D eigenvalue weighted by atomic mass is 19.4. The Morgan fingerprint density at radius 1 is 0.947 bits per heavy atom. The van der Waals surface area contributed by atoms with Crippen molar-refractivity contribution in [3.63, 3.8) is 0 Å². The Hall–Kier alpha value is -1.24. The molecular formula is C12H12F6O. The normalized spacial score (nSPS) is 14.5. The first-order valence-electron chi connectivity index (χ1n) is 5.46. The maximum atomic E-state index is 12.6. The molecule has 0 aliphatic carbocycles. The van der Waals surface area contributed by atoms with Gasteiger partial charge in [-0.1, -0.05) is 24.3 Å². The topological polar surface area (TPSA) is 20.2 Å². The largest absolute Gasteiger partial charge is 0.396 e. The Kier molecular flexibility index (Phi) is 4.84. The van der Waals surface area contributed by atoms with Crippen LogP contribution in [0.5, 0.6) is 0 Å². The van der Waals surface area contributed by atoms with Crippen LogP contribution in [0.4, 0.5) is 26.3 Å². The van der Waals surface area contributed by atoms with Crippen LogP contribution in [0.25, 0.3) is 0 Å². The molecule has 1 N–H and O–H groups in total. The molecule has 1 rings (SSSR count). The molecule has 0 heterocycles. The predicted octanol–water partition coefficient (Wildman–Crippen LogP) is 3.82. The van der Waals surface area contributed by atoms with Crippen LogP contribution >= 0.6 is 0 Å². The van der Waals surface area contributed by atoms with Crippen molar-refractivity contribution < 1.29 is 31.4 Å². The van der Waals surface area contributed by atoms with Crippen molar-refractivity contribution in [1.29, 1.82) is 0 Å². The first-order chi connectivity index (χ1) is 8.63. The van der Waals surface area contributed by atoms with Crippen LogP contribution in [0, 0.1) is 0 Å². The number of halogens is 6. The molecule has 7 heteroatoms. The Balaban J connectivity index is 2.98. The van der Waals surface area contributed by atoms with E-state index in [0.29, 0.717) is 5.56 Å². The second kappa shape index (κ2) is 5.81. The first-order valence-corrected chi connectivity index (χ1v) is 5.46. The highest BCUT2D eigenvalue weighted by molar-refractivity contribution is 5.26. The fraction of sp³-hybridized carbons (Fsp3) is 0.500. The fourth-order valence-electron chi connectivity index (χ4n) is 1.70. The third-order valence-electron chi connectivity index (χ3n) is 2.61. The molecule has 0 aromatic heterocycles. The van der Waals surface area contributed by atoms with Crippen LogP contribution in [0.3, 0.4) is 0 Å². The SMILES string of the molecule is OCCc1ccc(C(CC(F)(F)F)C(F)(F)F)cc1. The number of rotatable bonds is 4. The highest BCUT2D eigenvalue weighted by Crippen LogP contribution is 2.42. The van der Waals surface area contributed by atoms with Crippen LogP contribution in [0.2, 0.25) is 0 Å². The third-order valence-corrected chi connectivity index (χ3v) is 2.61. The van der Waals surface area contributed by atoms with E-state index in [0.717, 1.165) is 12.1 Å². The molecule has 0 saturated carbocycles. The second-order valence-corrected chi connectivity index (χ2v) is 4.13. The molecule has 108 valence electrons. The summed E-state index contributed by atoms with van der Waals surface area (Å²) >= 11 is 0. The molecule has 1 aromatic carbocycles. The van der Waals surface area contributed by atoms with E-state index in [1.807, 2.05) is 0 Å².